The van der Waals surface area contributed by atoms with E-state index in [1.807, 2.05) is 0 Å². The topological polar surface area (TPSA) is 49.4 Å². The highest BCUT2D eigenvalue weighted by Crippen LogP contribution is 2.60. The van der Waals surface area contributed by atoms with Crippen molar-refractivity contribution < 1.29 is 8.42 Å². The van der Waals surface area contributed by atoms with Gasteiger partial charge in [-0.1, -0.05) is 0 Å². The molecule has 2 fully saturated rings. The zero-order valence-electron chi connectivity index (χ0n) is 11.4. The maximum Gasteiger partial charge on any atom is 0.208 e. The van der Waals surface area contributed by atoms with Gasteiger partial charge < -0.3 is 0 Å². The van der Waals surface area contributed by atoms with E-state index in [-0.39, 0.29) is 11.0 Å². The first-order valence-electron chi connectivity index (χ1n) is 6.28. The van der Waals surface area contributed by atoms with Gasteiger partial charge in [0.05, 0.1) is 6.26 Å². The molecule has 1 saturated heterocycles. The molecule has 0 bridgehead atoms. The first kappa shape index (κ1) is 13.3. The number of sulfonamides is 1. The Morgan fingerprint density at radius 1 is 1.35 bits per heavy atom. The van der Waals surface area contributed by atoms with Crippen LogP contribution in [0.5, 0.6) is 0 Å². The van der Waals surface area contributed by atoms with Crippen LogP contribution in [0.3, 0.4) is 0 Å². The molecule has 0 aromatic heterocycles. The number of hydrogen-bond donors (Lipinski definition) is 1. The Morgan fingerprint density at radius 2 is 1.94 bits per heavy atom. The highest BCUT2D eigenvalue weighted by atomic mass is 32.2. The third-order valence-electron chi connectivity index (χ3n) is 4.12. The summed E-state index contributed by atoms with van der Waals surface area (Å²) in [5.74, 6) is 0. The number of fused-ring (bicyclic) bond motifs is 1. The smallest absolute Gasteiger partial charge is 0.208 e. The monoisotopic (exact) mass is 260 g/mol. The third kappa shape index (κ3) is 2.51. The molecule has 0 radical (unpaired) electrons. The van der Waals surface area contributed by atoms with Gasteiger partial charge in [0.2, 0.25) is 10.0 Å². The summed E-state index contributed by atoms with van der Waals surface area (Å²) in [4.78, 5) is 2.55. The van der Waals surface area contributed by atoms with Crippen molar-refractivity contribution in [3.05, 3.63) is 0 Å². The fourth-order valence-corrected chi connectivity index (χ4v) is 4.15. The minimum Gasteiger partial charge on any atom is -0.292 e. The summed E-state index contributed by atoms with van der Waals surface area (Å²) >= 11 is 0. The van der Waals surface area contributed by atoms with Gasteiger partial charge in [0, 0.05) is 29.6 Å². The summed E-state index contributed by atoms with van der Waals surface area (Å²) in [7, 11) is -3.06. The molecule has 1 N–H and O–H groups in total. The zero-order chi connectivity index (χ0) is 13.1. The van der Waals surface area contributed by atoms with E-state index in [1.54, 1.807) is 0 Å². The second-order valence-corrected chi connectivity index (χ2v) is 8.64. The van der Waals surface area contributed by atoms with Gasteiger partial charge in [0.25, 0.3) is 0 Å². The Balaban J connectivity index is 2.05. The molecule has 2 aliphatic rings. The molecule has 1 aliphatic heterocycles. The molecular weight excluding hydrogens is 236 g/mol. The minimum absolute atomic E-state index is 0.174. The second-order valence-electron chi connectivity index (χ2n) is 6.81. The number of likely N-dealkylation sites (tertiary alicyclic amines) is 1. The first-order valence-corrected chi connectivity index (χ1v) is 8.17. The minimum atomic E-state index is -3.06. The maximum atomic E-state index is 11.2. The molecule has 1 aliphatic carbocycles. The highest BCUT2D eigenvalue weighted by Gasteiger charge is 2.64. The van der Waals surface area contributed by atoms with Gasteiger partial charge >= 0.3 is 0 Å². The van der Waals surface area contributed by atoms with E-state index in [2.05, 4.69) is 37.3 Å². The van der Waals surface area contributed by atoms with Crippen LogP contribution in [0.1, 0.15) is 40.5 Å². The van der Waals surface area contributed by atoms with Gasteiger partial charge in [-0.25, -0.2) is 13.1 Å². The lowest BCUT2D eigenvalue weighted by Crippen LogP contribution is -2.45. The molecule has 0 spiro atoms. The predicted octanol–water partition coefficient (Wildman–Crippen LogP) is 1.19. The number of nitrogens with one attached hydrogen (secondary N) is 1. The molecule has 3 atom stereocenters. The Bertz CT molecular complexity index is 413. The molecule has 5 heteroatoms. The number of piperidine rings is 1. The standard InChI is InChI=1S/C12H24N2O2S/c1-9-6-12(8-13-17(5,15)16)7-10(12)14(9)11(2,3)4/h9-10,13H,6-8H2,1-5H3/t9-,10-,12+/m1/s1. The van der Waals surface area contributed by atoms with Crippen LogP contribution < -0.4 is 4.72 Å². The third-order valence-corrected chi connectivity index (χ3v) is 4.79. The van der Waals surface area contributed by atoms with Gasteiger partial charge in [-0.15, -0.1) is 0 Å². The molecule has 4 nitrogen and oxygen atoms in total. The van der Waals surface area contributed by atoms with Crippen molar-refractivity contribution in [1.29, 1.82) is 0 Å². The van der Waals surface area contributed by atoms with E-state index in [0.717, 1.165) is 12.8 Å². The molecule has 17 heavy (non-hydrogen) atoms. The largest absolute Gasteiger partial charge is 0.292 e. The summed E-state index contributed by atoms with van der Waals surface area (Å²) in [5.41, 5.74) is 0.378. The van der Waals surface area contributed by atoms with Crippen LogP contribution in [0.4, 0.5) is 0 Å². The first-order chi connectivity index (χ1) is 7.55. The SMILES string of the molecule is C[C@@H]1C[C@@]2(CNS(C)(=O)=O)C[C@H]2N1C(C)(C)C. The van der Waals surface area contributed by atoms with E-state index < -0.39 is 10.0 Å². The van der Waals surface area contributed by atoms with Gasteiger partial charge in [0.1, 0.15) is 0 Å². The number of nitrogens with zero attached hydrogens (tertiary/aromatic N) is 1. The number of rotatable bonds is 3. The summed E-state index contributed by atoms with van der Waals surface area (Å²) in [6.07, 6.45) is 3.48. The quantitative estimate of drug-likeness (QED) is 0.829. The maximum absolute atomic E-state index is 11.2. The summed E-state index contributed by atoms with van der Waals surface area (Å²) in [6.45, 7) is 9.57. The van der Waals surface area contributed by atoms with Crippen molar-refractivity contribution in [1.82, 2.24) is 9.62 Å². The molecule has 100 valence electrons. The summed E-state index contributed by atoms with van der Waals surface area (Å²) in [5, 5.41) is 0. The Labute approximate surface area is 105 Å². The molecular formula is C12H24N2O2S. The Morgan fingerprint density at radius 3 is 2.35 bits per heavy atom. The van der Waals surface area contributed by atoms with Crippen LogP contribution in [0.2, 0.25) is 0 Å². The lowest BCUT2D eigenvalue weighted by Gasteiger charge is -2.37. The van der Waals surface area contributed by atoms with Gasteiger partial charge in [0.15, 0.2) is 0 Å². The van der Waals surface area contributed by atoms with Crippen molar-refractivity contribution in [3.8, 4) is 0 Å². The predicted molar refractivity (Wildman–Crippen MR) is 69.4 cm³/mol. The molecule has 2 rings (SSSR count). The van der Waals surface area contributed by atoms with Gasteiger partial charge in [-0.05, 0) is 40.5 Å². The van der Waals surface area contributed by atoms with Crippen molar-refractivity contribution in [3.63, 3.8) is 0 Å². The van der Waals surface area contributed by atoms with Crippen molar-refractivity contribution >= 4 is 10.0 Å². The van der Waals surface area contributed by atoms with Crippen molar-refractivity contribution in [2.75, 3.05) is 12.8 Å². The average molecular weight is 260 g/mol. The molecule has 0 unspecified atom stereocenters. The Kier molecular flexibility index (Phi) is 2.88. The molecule has 1 saturated carbocycles. The van der Waals surface area contributed by atoms with E-state index in [1.165, 1.54) is 6.26 Å². The van der Waals surface area contributed by atoms with Gasteiger partial charge in [-0.2, -0.15) is 0 Å². The van der Waals surface area contributed by atoms with E-state index >= 15 is 0 Å². The van der Waals surface area contributed by atoms with Crippen LogP contribution in [0.25, 0.3) is 0 Å². The fraction of sp³-hybridized carbons (Fsp3) is 1.00. The number of hydrogen-bond acceptors (Lipinski definition) is 3. The lowest BCUT2D eigenvalue weighted by atomic mass is 10.00. The lowest BCUT2D eigenvalue weighted by molar-refractivity contribution is 0.104. The normalized spacial score (nSPS) is 38.2. The van der Waals surface area contributed by atoms with Gasteiger partial charge in [-0.3, -0.25) is 4.90 Å². The van der Waals surface area contributed by atoms with Crippen LogP contribution in [-0.4, -0.2) is 43.7 Å². The second kappa shape index (κ2) is 3.68. The molecule has 0 aromatic carbocycles. The van der Waals surface area contributed by atoms with E-state index in [4.69, 9.17) is 0 Å². The van der Waals surface area contributed by atoms with E-state index in [0.29, 0.717) is 18.6 Å². The molecule has 0 amide bonds. The van der Waals surface area contributed by atoms with Crippen LogP contribution in [0, 0.1) is 5.41 Å². The molecule has 1 heterocycles. The average Bonchev–Trinajstić information content (AvgIpc) is 2.66. The van der Waals surface area contributed by atoms with Crippen LogP contribution in [0.15, 0.2) is 0 Å². The zero-order valence-corrected chi connectivity index (χ0v) is 12.3. The summed E-state index contributed by atoms with van der Waals surface area (Å²) in [6, 6.07) is 1.11. The highest BCUT2D eigenvalue weighted by molar-refractivity contribution is 7.88. The van der Waals surface area contributed by atoms with Crippen LogP contribution in [-0.2, 0) is 10.0 Å². The fourth-order valence-electron chi connectivity index (χ4n) is 3.60. The van der Waals surface area contributed by atoms with E-state index in [9.17, 15) is 8.42 Å². The van der Waals surface area contributed by atoms with Crippen molar-refractivity contribution in [2.45, 2.75) is 58.2 Å². The molecule has 0 aromatic rings. The Hall–Kier alpha value is -0.130. The van der Waals surface area contributed by atoms with Crippen molar-refractivity contribution in [2.24, 2.45) is 5.41 Å². The summed E-state index contributed by atoms with van der Waals surface area (Å²) < 4.78 is 25.1. The van der Waals surface area contributed by atoms with Crippen LogP contribution >= 0.6 is 0 Å².